The molecule has 0 saturated heterocycles. The van der Waals surface area contributed by atoms with Crippen molar-refractivity contribution in [3.8, 4) is 23.3 Å². The van der Waals surface area contributed by atoms with Crippen molar-refractivity contribution in [1.29, 1.82) is 10.5 Å². The van der Waals surface area contributed by atoms with Gasteiger partial charge in [0.1, 0.15) is 11.9 Å². The van der Waals surface area contributed by atoms with E-state index in [1.807, 2.05) is 18.2 Å². The Morgan fingerprint density at radius 3 is 2.53 bits per heavy atom. The second kappa shape index (κ2) is 15.6. The topological polar surface area (TPSA) is 78.1 Å². The fraction of sp³-hybridized carbons (Fsp3) is 0.321. The molecule has 6 unspecified atom stereocenters. The molecule has 2 aromatic carbocycles. The van der Waals surface area contributed by atoms with Crippen molar-refractivity contribution >= 4 is 5.69 Å². The molecule has 294 valence electrons. The van der Waals surface area contributed by atoms with Crippen LogP contribution in [-0.4, -0.2) is 24.2 Å². The van der Waals surface area contributed by atoms with Crippen molar-refractivity contribution in [3.63, 3.8) is 0 Å². The van der Waals surface area contributed by atoms with Gasteiger partial charge < -0.3 is 10.2 Å². The number of nitrogens with one attached hydrogen (secondary N) is 2. The van der Waals surface area contributed by atoms with Gasteiger partial charge in [-0.2, -0.15) is 10.5 Å². The first-order valence-electron chi connectivity index (χ1n) is 21.8. The van der Waals surface area contributed by atoms with Crippen molar-refractivity contribution in [2.24, 2.45) is 29.1 Å². The Kier molecular flexibility index (Phi) is 9.83. The molecule has 0 radical (unpaired) electrons. The Morgan fingerprint density at radius 2 is 1.75 bits per heavy atom. The molecule has 0 aromatic heterocycles. The Hall–Kier alpha value is -6.08. The Morgan fingerprint density at radius 1 is 0.864 bits per heavy atom. The smallest absolute Gasteiger partial charge is 0.106 e. The third kappa shape index (κ3) is 6.61. The van der Waals surface area contributed by atoms with Gasteiger partial charge in [0, 0.05) is 41.7 Å². The zero-order chi connectivity index (χ0) is 39.9. The lowest BCUT2D eigenvalue weighted by molar-refractivity contribution is 0.352. The molecule has 6 nitrogen and oxygen atoms in total. The van der Waals surface area contributed by atoms with Crippen LogP contribution in [0.3, 0.4) is 0 Å². The van der Waals surface area contributed by atoms with Gasteiger partial charge in [-0.25, -0.2) is 0 Å². The predicted molar refractivity (Wildman–Crippen MR) is 237 cm³/mol. The fourth-order valence-electron chi connectivity index (χ4n) is 10.8. The Bertz CT molecular complexity index is 2480. The molecular weight excluding hydrogens is 721 g/mol. The van der Waals surface area contributed by atoms with E-state index in [-0.39, 0.29) is 29.3 Å². The molecule has 10 rings (SSSR count). The highest BCUT2D eigenvalue weighted by molar-refractivity contribution is 5.76. The van der Waals surface area contributed by atoms with Gasteiger partial charge in [0.15, 0.2) is 0 Å². The summed E-state index contributed by atoms with van der Waals surface area (Å²) in [5.74, 6) is 1.76. The summed E-state index contributed by atoms with van der Waals surface area (Å²) in [4.78, 5) is 4.83. The highest BCUT2D eigenvalue weighted by atomic mass is 15.3. The maximum atomic E-state index is 10.8. The molecule has 0 amide bonds. The number of rotatable bonds is 8. The number of anilines is 1. The van der Waals surface area contributed by atoms with Crippen LogP contribution in [-0.2, 0) is 0 Å². The predicted octanol–water partition coefficient (Wildman–Crippen LogP) is 10.9. The summed E-state index contributed by atoms with van der Waals surface area (Å²) in [6.07, 6.45) is 40.8. The van der Waals surface area contributed by atoms with Crippen LogP contribution in [0.4, 0.5) is 5.69 Å². The van der Waals surface area contributed by atoms with E-state index in [2.05, 4.69) is 155 Å². The van der Waals surface area contributed by atoms with Gasteiger partial charge in [0.2, 0.25) is 0 Å². The maximum Gasteiger partial charge on any atom is 0.106 e. The van der Waals surface area contributed by atoms with Gasteiger partial charge in [0.25, 0.3) is 0 Å². The summed E-state index contributed by atoms with van der Waals surface area (Å²) < 4.78 is 0. The van der Waals surface area contributed by atoms with Crippen LogP contribution in [0.15, 0.2) is 179 Å². The molecule has 6 aliphatic carbocycles. The molecule has 0 spiro atoms. The number of nitrogens with zero attached hydrogens (tertiary/aromatic N) is 4. The lowest BCUT2D eigenvalue weighted by Crippen LogP contribution is -2.48. The number of nitriles is 2. The molecule has 0 fully saturated rings. The van der Waals surface area contributed by atoms with E-state index in [4.69, 9.17) is 0 Å². The first kappa shape index (κ1) is 37.2. The summed E-state index contributed by atoms with van der Waals surface area (Å²) in [6.45, 7) is 4.08. The number of benzene rings is 2. The maximum absolute atomic E-state index is 10.8. The van der Waals surface area contributed by atoms with E-state index >= 15 is 0 Å². The highest BCUT2D eigenvalue weighted by Crippen LogP contribution is 2.58. The van der Waals surface area contributed by atoms with Crippen molar-refractivity contribution in [2.75, 3.05) is 18.0 Å². The van der Waals surface area contributed by atoms with Crippen LogP contribution >= 0.6 is 0 Å². The molecule has 2 aliphatic heterocycles. The minimum Gasteiger partial charge on any atom is -0.371 e. The molecule has 8 aliphatic rings. The van der Waals surface area contributed by atoms with Gasteiger partial charge in [-0.1, -0.05) is 116 Å². The second-order valence-corrected chi connectivity index (χ2v) is 17.4. The molecule has 2 heterocycles. The van der Waals surface area contributed by atoms with E-state index in [0.717, 1.165) is 98.5 Å². The minimum atomic E-state index is -0.237. The molecule has 0 bridgehead atoms. The molecule has 0 saturated carbocycles. The molecule has 2 N–H and O–H groups in total. The standard InChI is InChI=1S/C53H52N6/c1-53-28-26-43-47(58(49-16-8-10-30-56-49)45-23-20-39(32-41(45)34-54)36-12-4-2-5-13-36)25-19-38-18-22-44(52(53)51(38)43)48(27-29-53)59(50-17-9-11-31-57-50)46-24-21-40(33-42(46)35-55)37-14-6-3-7-15-37/h2-6,8,10,12-13,17-18,20-29,32,37-38,42,49,52,56-57H,7,9,11,14-16,19,30-31,33H2,1H3. The van der Waals surface area contributed by atoms with Crippen molar-refractivity contribution in [2.45, 2.75) is 64.5 Å². The first-order chi connectivity index (χ1) is 29.0. The van der Waals surface area contributed by atoms with Crippen molar-refractivity contribution in [1.82, 2.24) is 15.5 Å². The van der Waals surface area contributed by atoms with Gasteiger partial charge in [0.05, 0.1) is 35.1 Å². The zero-order valence-corrected chi connectivity index (χ0v) is 33.9. The average Bonchev–Trinajstić information content (AvgIpc) is 3.30. The molecule has 6 heteroatoms. The van der Waals surface area contributed by atoms with Crippen LogP contribution < -0.4 is 15.5 Å². The number of hydrogen-bond acceptors (Lipinski definition) is 6. The number of hydrogen-bond donors (Lipinski definition) is 2. The molecular formula is C53H52N6. The zero-order valence-electron chi connectivity index (χ0n) is 33.9. The van der Waals surface area contributed by atoms with E-state index < -0.39 is 0 Å². The van der Waals surface area contributed by atoms with Gasteiger partial charge in [-0.15, -0.1) is 0 Å². The summed E-state index contributed by atoms with van der Waals surface area (Å²) in [5.41, 5.74) is 12.3. The average molecular weight is 773 g/mol. The van der Waals surface area contributed by atoms with E-state index in [1.54, 1.807) is 0 Å². The van der Waals surface area contributed by atoms with Gasteiger partial charge in [-0.05, 0) is 115 Å². The van der Waals surface area contributed by atoms with Crippen molar-refractivity contribution < 1.29 is 0 Å². The second-order valence-electron chi connectivity index (χ2n) is 17.4. The quantitative estimate of drug-likeness (QED) is 0.260. The largest absolute Gasteiger partial charge is 0.371 e. The Labute approximate surface area is 349 Å². The van der Waals surface area contributed by atoms with E-state index in [1.165, 1.54) is 28.0 Å². The first-order valence-corrected chi connectivity index (χ1v) is 21.8. The summed E-state index contributed by atoms with van der Waals surface area (Å²) in [6, 6.07) is 22.1. The van der Waals surface area contributed by atoms with Crippen LogP contribution in [0.25, 0.3) is 11.1 Å². The minimum absolute atomic E-state index is 0.00761. The van der Waals surface area contributed by atoms with Crippen LogP contribution in [0.2, 0.25) is 0 Å². The summed E-state index contributed by atoms with van der Waals surface area (Å²) in [5, 5.41) is 29.1. The number of allylic oxidation sites excluding steroid dienone is 16. The lowest BCUT2D eigenvalue weighted by Gasteiger charge is -2.50. The van der Waals surface area contributed by atoms with E-state index in [0.29, 0.717) is 11.5 Å². The SMILES string of the molecule is CC12C=CC3=C4C(C=CC(=C(N(C5=CCCCN5)C5=CC=C(C6CC=CCC6)CC5C#N)C=C1)C42)CC=C3N(c1ccc(-c2ccccc2)cc1C#N)C1CC=CCN1. The molecule has 2 aromatic rings. The van der Waals surface area contributed by atoms with Crippen LogP contribution in [0.1, 0.15) is 63.9 Å². The van der Waals surface area contributed by atoms with Crippen LogP contribution in [0.5, 0.6) is 0 Å². The Balaban J connectivity index is 1.10. The van der Waals surface area contributed by atoms with Gasteiger partial charge >= 0.3 is 0 Å². The summed E-state index contributed by atoms with van der Waals surface area (Å²) in [7, 11) is 0. The molecule has 6 atom stereocenters. The summed E-state index contributed by atoms with van der Waals surface area (Å²) >= 11 is 0. The van der Waals surface area contributed by atoms with Gasteiger partial charge in [-0.3, -0.25) is 10.2 Å². The third-order valence-corrected chi connectivity index (χ3v) is 13.8. The normalized spacial score (nSPS) is 29.0. The van der Waals surface area contributed by atoms with Crippen molar-refractivity contribution in [3.05, 3.63) is 184 Å². The van der Waals surface area contributed by atoms with Crippen LogP contribution in [0, 0.1) is 51.7 Å². The fourth-order valence-corrected chi connectivity index (χ4v) is 10.8. The lowest BCUT2D eigenvalue weighted by atomic mass is 9.57. The monoisotopic (exact) mass is 772 g/mol. The van der Waals surface area contributed by atoms with E-state index in [9.17, 15) is 10.5 Å². The highest BCUT2D eigenvalue weighted by Gasteiger charge is 2.48. The third-order valence-electron chi connectivity index (χ3n) is 13.8. The molecule has 59 heavy (non-hydrogen) atoms.